The molecule has 18 heavy (non-hydrogen) atoms. The van der Waals surface area contributed by atoms with Gasteiger partial charge in [0, 0.05) is 18.8 Å². The first-order chi connectivity index (χ1) is 8.45. The van der Waals surface area contributed by atoms with E-state index in [1.807, 2.05) is 0 Å². The molecule has 0 spiro atoms. The van der Waals surface area contributed by atoms with Gasteiger partial charge >= 0.3 is 6.18 Å². The molecule has 0 aliphatic rings. The molecule has 6 heteroatoms. The molecule has 0 aliphatic carbocycles. The first-order valence-corrected chi connectivity index (χ1v) is 5.87. The summed E-state index contributed by atoms with van der Waals surface area (Å²) in [5.41, 5.74) is 0.991. The molecule has 0 aliphatic heterocycles. The minimum absolute atomic E-state index is 0.485. The highest BCUT2D eigenvalue weighted by atomic mass is 79.9. The zero-order chi connectivity index (χ0) is 13.2. The van der Waals surface area contributed by atoms with Gasteiger partial charge in [-0.3, -0.25) is 0 Å². The second-order valence-electron chi connectivity index (χ2n) is 3.73. The minimum atomic E-state index is -4.29. The summed E-state index contributed by atoms with van der Waals surface area (Å²) in [6.07, 6.45) is -0.520. The van der Waals surface area contributed by atoms with Crippen LogP contribution in [0.2, 0.25) is 0 Å². The van der Waals surface area contributed by atoms with Gasteiger partial charge in [0.05, 0.1) is 5.56 Å². The molecule has 0 saturated heterocycles. The van der Waals surface area contributed by atoms with E-state index in [0.29, 0.717) is 11.2 Å². The van der Waals surface area contributed by atoms with Crippen molar-refractivity contribution < 1.29 is 13.2 Å². The lowest BCUT2D eigenvalue weighted by atomic mass is 10.1. The van der Waals surface area contributed by atoms with Crippen molar-refractivity contribution in [1.82, 2.24) is 9.97 Å². The lowest BCUT2D eigenvalue weighted by Gasteiger charge is -2.07. The van der Waals surface area contributed by atoms with E-state index in [-0.39, 0.29) is 0 Å². The van der Waals surface area contributed by atoms with Gasteiger partial charge in [0.2, 0.25) is 0 Å². The molecule has 0 N–H and O–H groups in total. The van der Waals surface area contributed by atoms with Crippen molar-refractivity contribution >= 4 is 15.9 Å². The van der Waals surface area contributed by atoms with Crippen molar-refractivity contribution in [2.75, 3.05) is 0 Å². The second-order valence-corrected chi connectivity index (χ2v) is 4.44. The average molecular weight is 317 g/mol. The first kappa shape index (κ1) is 13.0. The summed E-state index contributed by atoms with van der Waals surface area (Å²) in [4.78, 5) is 7.92. The van der Waals surface area contributed by atoms with E-state index >= 15 is 0 Å². The molecule has 94 valence electrons. The normalized spacial score (nSPS) is 11.6. The third-order valence-electron chi connectivity index (χ3n) is 2.36. The van der Waals surface area contributed by atoms with Gasteiger partial charge in [-0.05, 0) is 39.2 Å². The Morgan fingerprint density at radius 2 is 1.50 bits per heavy atom. The fourth-order valence-corrected chi connectivity index (χ4v) is 1.68. The molecule has 2 nitrogen and oxygen atoms in total. The van der Waals surface area contributed by atoms with Crippen molar-refractivity contribution in [3.63, 3.8) is 0 Å². The SMILES string of the molecule is FC(F)(F)c1ccc(Cc2cnc(Br)nc2)cc1. The maximum absolute atomic E-state index is 12.4. The van der Waals surface area contributed by atoms with E-state index in [2.05, 4.69) is 25.9 Å². The monoisotopic (exact) mass is 316 g/mol. The summed E-state index contributed by atoms with van der Waals surface area (Å²) in [6, 6.07) is 5.08. The van der Waals surface area contributed by atoms with Gasteiger partial charge in [0.1, 0.15) is 0 Å². The van der Waals surface area contributed by atoms with Gasteiger partial charge in [-0.2, -0.15) is 13.2 Å². The summed E-state index contributed by atoms with van der Waals surface area (Å²) in [7, 11) is 0. The smallest absolute Gasteiger partial charge is 0.230 e. The Morgan fingerprint density at radius 1 is 0.944 bits per heavy atom. The minimum Gasteiger partial charge on any atom is -0.230 e. The number of aromatic nitrogens is 2. The number of benzene rings is 1. The Balaban J connectivity index is 2.13. The van der Waals surface area contributed by atoms with Gasteiger partial charge in [0.25, 0.3) is 0 Å². The number of alkyl halides is 3. The summed E-state index contributed by atoms with van der Waals surface area (Å²) in [5, 5.41) is 0. The van der Waals surface area contributed by atoms with Gasteiger partial charge in [0.15, 0.2) is 4.73 Å². The van der Waals surface area contributed by atoms with Crippen molar-refractivity contribution in [2.45, 2.75) is 12.6 Å². The molecule has 0 atom stereocenters. The van der Waals surface area contributed by atoms with Crippen LogP contribution in [0.5, 0.6) is 0 Å². The largest absolute Gasteiger partial charge is 0.416 e. The molecule has 2 rings (SSSR count). The number of nitrogens with zero attached hydrogens (tertiary/aromatic N) is 2. The highest BCUT2D eigenvalue weighted by Crippen LogP contribution is 2.29. The molecule has 1 heterocycles. The standard InChI is InChI=1S/C12H8BrF3N2/c13-11-17-6-9(7-18-11)5-8-1-3-10(4-2-8)12(14,15)16/h1-4,6-7H,5H2. The summed E-state index contributed by atoms with van der Waals surface area (Å²) in [6.45, 7) is 0. The summed E-state index contributed by atoms with van der Waals surface area (Å²) in [5.74, 6) is 0. The summed E-state index contributed by atoms with van der Waals surface area (Å²) >= 11 is 3.12. The molecule has 1 aromatic heterocycles. The highest BCUT2D eigenvalue weighted by Gasteiger charge is 2.29. The van der Waals surface area contributed by atoms with E-state index in [1.165, 1.54) is 12.1 Å². The van der Waals surface area contributed by atoms with Crippen molar-refractivity contribution in [3.8, 4) is 0 Å². The predicted molar refractivity (Wildman–Crippen MR) is 64.0 cm³/mol. The molecule has 0 fully saturated rings. The van der Waals surface area contributed by atoms with Gasteiger partial charge in [-0.15, -0.1) is 0 Å². The van der Waals surface area contributed by atoms with E-state index < -0.39 is 11.7 Å². The Kier molecular flexibility index (Phi) is 3.65. The first-order valence-electron chi connectivity index (χ1n) is 5.08. The van der Waals surface area contributed by atoms with Crippen LogP contribution >= 0.6 is 15.9 Å². The van der Waals surface area contributed by atoms with Gasteiger partial charge in [-0.25, -0.2) is 9.97 Å². The zero-order valence-corrected chi connectivity index (χ0v) is 10.7. The van der Waals surface area contributed by atoms with Crippen LogP contribution in [0.15, 0.2) is 41.4 Å². The fourth-order valence-electron chi connectivity index (χ4n) is 1.48. The van der Waals surface area contributed by atoms with Gasteiger partial charge in [-0.1, -0.05) is 12.1 Å². The lowest BCUT2D eigenvalue weighted by molar-refractivity contribution is -0.137. The van der Waals surface area contributed by atoms with Crippen LogP contribution in [-0.4, -0.2) is 9.97 Å². The van der Waals surface area contributed by atoms with Crippen molar-refractivity contribution in [1.29, 1.82) is 0 Å². The molecule has 0 bridgehead atoms. The number of hydrogen-bond donors (Lipinski definition) is 0. The average Bonchev–Trinajstić information content (AvgIpc) is 2.32. The van der Waals surface area contributed by atoms with E-state index in [4.69, 9.17) is 0 Å². The van der Waals surface area contributed by atoms with Crippen LogP contribution in [0.3, 0.4) is 0 Å². The second kappa shape index (κ2) is 5.06. The van der Waals surface area contributed by atoms with Crippen LogP contribution in [-0.2, 0) is 12.6 Å². The Hall–Kier alpha value is -1.43. The fraction of sp³-hybridized carbons (Fsp3) is 0.167. The third-order valence-corrected chi connectivity index (χ3v) is 2.77. The maximum atomic E-state index is 12.4. The number of hydrogen-bond acceptors (Lipinski definition) is 2. The van der Waals surface area contributed by atoms with E-state index in [1.54, 1.807) is 12.4 Å². The predicted octanol–water partition coefficient (Wildman–Crippen LogP) is 3.85. The molecule has 2 aromatic rings. The lowest BCUT2D eigenvalue weighted by Crippen LogP contribution is -2.04. The topological polar surface area (TPSA) is 25.8 Å². The number of rotatable bonds is 2. The molecule has 0 saturated carbocycles. The van der Waals surface area contributed by atoms with Crippen LogP contribution < -0.4 is 0 Å². The molecule has 0 unspecified atom stereocenters. The van der Waals surface area contributed by atoms with Gasteiger partial charge < -0.3 is 0 Å². The maximum Gasteiger partial charge on any atom is 0.416 e. The van der Waals surface area contributed by atoms with Crippen LogP contribution in [0.4, 0.5) is 13.2 Å². The molecular formula is C12H8BrF3N2. The van der Waals surface area contributed by atoms with Crippen LogP contribution in [0.25, 0.3) is 0 Å². The van der Waals surface area contributed by atoms with Crippen LogP contribution in [0, 0.1) is 0 Å². The Morgan fingerprint density at radius 3 is 2.00 bits per heavy atom. The van der Waals surface area contributed by atoms with Crippen molar-refractivity contribution in [3.05, 3.63) is 58.1 Å². The Labute approximate surface area is 110 Å². The number of halogens is 4. The van der Waals surface area contributed by atoms with E-state index in [0.717, 1.165) is 23.3 Å². The zero-order valence-electron chi connectivity index (χ0n) is 9.08. The molecule has 0 amide bonds. The quantitative estimate of drug-likeness (QED) is 0.786. The summed E-state index contributed by atoms with van der Waals surface area (Å²) < 4.78 is 37.6. The van der Waals surface area contributed by atoms with E-state index in [9.17, 15) is 13.2 Å². The molecule has 1 aromatic carbocycles. The third kappa shape index (κ3) is 3.29. The van der Waals surface area contributed by atoms with Crippen molar-refractivity contribution in [2.24, 2.45) is 0 Å². The molecule has 0 radical (unpaired) electrons. The Bertz CT molecular complexity index is 521. The molecular weight excluding hydrogens is 309 g/mol. The highest BCUT2D eigenvalue weighted by molar-refractivity contribution is 9.10. The van der Waals surface area contributed by atoms with Crippen LogP contribution in [0.1, 0.15) is 16.7 Å².